The summed E-state index contributed by atoms with van der Waals surface area (Å²) in [6.45, 7) is 3.28. The first kappa shape index (κ1) is 17.4. The van der Waals surface area contributed by atoms with E-state index in [2.05, 4.69) is 33.3 Å². The number of hydrogen-bond donors (Lipinski definition) is 1. The first-order valence-electron chi connectivity index (χ1n) is 9.17. The molecule has 26 heavy (non-hydrogen) atoms. The van der Waals surface area contributed by atoms with Crippen molar-refractivity contribution in [1.29, 1.82) is 0 Å². The normalized spacial score (nSPS) is 24.3. The van der Waals surface area contributed by atoms with Crippen molar-refractivity contribution < 1.29 is 9.53 Å². The smallest absolute Gasteiger partial charge is 0.399 e. The Labute approximate surface area is 158 Å². The minimum atomic E-state index is -0.334. The van der Waals surface area contributed by atoms with Crippen molar-refractivity contribution in [2.45, 2.75) is 18.9 Å². The Morgan fingerprint density at radius 1 is 1.23 bits per heavy atom. The van der Waals surface area contributed by atoms with E-state index in [0.29, 0.717) is 11.0 Å². The molecule has 5 nitrogen and oxygen atoms in total. The topological polar surface area (TPSA) is 44.8 Å². The molecule has 138 valence electrons. The molecule has 2 aromatic rings. The second-order valence-electron chi connectivity index (χ2n) is 7.34. The molecule has 0 radical (unpaired) electrons. The third-order valence-corrected chi connectivity index (χ3v) is 6.39. The standard InChI is InChI=1S/C20H25N3O2S/c1-22(2)16-5-3-4-15(12-16)18-6-7-19(26-18)25-20(24)21-17-13-23-10-8-14(17)9-11-23/h3-7,12,14,17H,8-11,13H2,1-2H3,(H,21,24)/t17-/m0/s1. The summed E-state index contributed by atoms with van der Waals surface area (Å²) in [6.07, 6.45) is 2.02. The maximum Gasteiger partial charge on any atom is 0.413 e. The molecule has 3 aliphatic heterocycles. The summed E-state index contributed by atoms with van der Waals surface area (Å²) in [4.78, 5) is 17.9. The van der Waals surface area contributed by atoms with Gasteiger partial charge in [0.25, 0.3) is 0 Å². The molecule has 0 aliphatic carbocycles. The highest BCUT2D eigenvalue weighted by Gasteiger charge is 2.35. The van der Waals surface area contributed by atoms with Crippen molar-refractivity contribution in [3.63, 3.8) is 0 Å². The summed E-state index contributed by atoms with van der Waals surface area (Å²) in [5.41, 5.74) is 2.28. The van der Waals surface area contributed by atoms with E-state index in [0.717, 1.165) is 35.8 Å². The molecule has 1 atom stereocenters. The molecule has 1 N–H and O–H groups in total. The lowest BCUT2D eigenvalue weighted by atomic mass is 9.84. The average Bonchev–Trinajstić information content (AvgIpc) is 3.11. The SMILES string of the molecule is CN(C)c1cccc(-c2ccc(OC(=O)N[C@H]3CN4CCC3CC4)s2)c1. The van der Waals surface area contributed by atoms with E-state index in [1.54, 1.807) is 0 Å². The van der Waals surface area contributed by atoms with Gasteiger partial charge in [-0.1, -0.05) is 23.5 Å². The Kier molecular flexibility index (Phi) is 4.87. The highest BCUT2D eigenvalue weighted by atomic mass is 32.1. The fraction of sp³-hybridized carbons (Fsp3) is 0.450. The summed E-state index contributed by atoms with van der Waals surface area (Å²) in [6, 6.07) is 12.5. The molecule has 0 spiro atoms. The van der Waals surface area contributed by atoms with Crippen molar-refractivity contribution in [3.05, 3.63) is 36.4 Å². The second kappa shape index (κ2) is 7.29. The van der Waals surface area contributed by atoms with Crippen molar-refractivity contribution in [2.75, 3.05) is 38.6 Å². The molecular weight excluding hydrogens is 346 g/mol. The quantitative estimate of drug-likeness (QED) is 0.891. The number of fused-ring (bicyclic) bond motifs is 3. The van der Waals surface area contributed by atoms with Crippen molar-refractivity contribution in [1.82, 2.24) is 10.2 Å². The van der Waals surface area contributed by atoms with Gasteiger partial charge >= 0.3 is 6.09 Å². The molecule has 1 aromatic carbocycles. The molecule has 3 fully saturated rings. The Hall–Kier alpha value is -2.05. The minimum absolute atomic E-state index is 0.223. The third-order valence-electron chi connectivity index (χ3n) is 5.38. The number of thiophene rings is 1. The van der Waals surface area contributed by atoms with E-state index in [1.807, 2.05) is 32.3 Å². The largest absolute Gasteiger partial charge is 0.413 e. The molecule has 2 bridgehead atoms. The molecule has 1 aromatic heterocycles. The van der Waals surface area contributed by atoms with Crippen molar-refractivity contribution in [2.24, 2.45) is 5.92 Å². The van der Waals surface area contributed by atoms with E-state index in [-0.39, 0.29) is 12.1 Å². The summed E-state index contributed by atoms with van der Waals surface area (Å²) < 4.78 is 5.54. The number of carbonyl (C=O) groups excluding carboxylic acids is 1. The Morgan fingerprint density at radius 3 is 2.73 bits per heavy atom. The fourth-order valence-electron chi connectivity index (χ4n) is 3.87. The number of carbonyl (C=O) groups is 1. The lowest BCUT2D eigenvalue weighted by Gasteiger charge is -2.44. The third kappa shape index (κ3) is 3.71. The molecular formula is C20H25N3O2S. The van der Waals surface area contributed by atoms with Crippen LogP contribution in [0.3, 0.4) is 0 Å². The van der Waals surface area contributed by atoms with Crippen LogP contribution in [0.2, 0.25) is 0 Å². The Morgan fingerprint density at radius 2 is 2.04 bits per heavy atom. The van der Waals surface area contributed by atoms with E-state index in [1.165, 1.54) is 24.2 Å². The lowest BCUT2D eigenvalue weighted by Crippen LogP contribution is -2.57. The minimum Gasteiger partial charge on any atom is -0.399 e. The molecule has 6 heteroatoms. The zero-order valence-electron chi connectivity index (χ0n) is 15.3. The molecule has 0 saturated carbocycles. The molecule has 3 saturated heterocycles. The van der Waals surface area contributed by atoms with Crippen LogP contribution in [0, 0.1) is 5.92 Å². The molecule has 5 rings (SSSR count). The zero-order chi connectivity index (χ0) is 18.1. The number of piperidine rings is 3. The summed E-state index contributed by atoms with van der Waals surface area (Å²) in [5, 5.41) is 3.70. The molecule has 3 aliphatic rings. The highest BCUT2D eigenvalue weighted by Crippen LogP contribution is 2.34. The highest BCUT2D eigenvalue weighted by molar-refractivity contribution is 7.17. The van der Waals surface area contributed by atoms with Crippen molar-refractivity contribution >= 4 is 23.1 Å². The van der Waals surface area contributed by atoms with Gasteiger partial charge in [0.2, 0.25) is 0 Å². The Bertz CT molecular complexity index is 781. The number of rotatable bonds is 4. The first-order chi connectivity index (χ1) is 12.6. The van der Waals surface area contributed by atoms with Crippen LogP contribution in [-0.2, 0) is 0 Å². The lowest BCUT2D eigenvalue weighted by molar-refractivity contribution is 0.0726. The van der Waals surface area contributed by atoms with Crippen molar-refractivity contribution in [3.8, 4) is 15.5 Å². The van der Waals surface area contributed by atoms with Gasteiger partial charge in [-0.2, -0.15) is 0 Å². The van der Waals surface area contributed by atoms with E-state index in [9.17, 15) is 4.79 Å². The maximum absolute atomic E-state index is 12.3. The molecule has 0 unspecified atom stereocenters. The number of amides is 1. The predicted molar refractivity (Wildman–Crippen MR) is 106 cm³/mol. The number of anilines is 1. The van der Waals surface area contributed by atoms with Crippen LogP contribution >= 0.6 is 11.3 Å². The maximum atomic E-state index is 12.3. The number of nitrogens with one attached hydrogen (secondary N) is 1. The first-order valence-corrected chi connectivity index (χ1v) is 9.98. The summed E-state index contributed by atoms with van der Waals surface area (Å²) in [7, 11) is 4.06. The molecule has 1 amide bonds. The van der Waals surface area contributed by atoms with Gasteiger partial charge in [0.05, 0.1) is 0 Å². The van der Waals surface area contributed by atoms with E-state index < -0.39 is 0 Å². The number of ether oxygens (including phenoxy) is 1. The van der Waals surface area contributed by atoms with Crippen LogP contribution in [-0.4, -0.2) is 50.8 Å². The zero-order valence-corrected chi connectivity index (χ0v) is 16.1. The van der Waals surface area contributed by atoms with Crippen LogP contribution in [0.5, 0.6) is 5.06 Å². The summed E-state index contributed by atoms with van der Waals surface area (Å²) in [5.74, 6) is 0.597. The van der Waals surface area contributed by atoms with Crippen LogP contribution in [0.15, 0.2) is 36.4 Å². The van der Waals surface area contributed by atoms with Gasteiger partial charge < -0.3 is 19.9 Å². The van der Waals surface area contributed by atoms with Crippen LogP contribution < -0.4 is 15.0 Å². The van der Waals surface area contributed by atoms with Crippen LogP contribution in [0.4, 0.5) is 10.5 Å². The fourth-order valence-corrected chi connectivity index (χ4v) is 4.72. The van der Waals surface area contributed by atoms with Crippen LogP contribution in [0.1, 0.15) is 12.8 Å². The number of nitrogens with zero attached hydrogens (tertiary/aromatic N) is 2. The van der Waals surface area contributed by atoms with Gasteiger partial charge in [-0.05, 0) is 61.7 Å². The van der Waals surface area contributed by atoms with Gasteiger partial charge in [0.1, 0.15) is 0 Å². The predicted octanol–water partition coefficient (Wildman–Crippen LogP) is 3.66. The number of benzene rings is 1. The van der Waals surface area contributed by atoms with Gasteiger partial charge in [0, 0.05) is 37.2 Å². The van der Waals surface area contributed by atoms with Gasteiger partial charge in [-0.15, -0.1) is 0 Å². The van der Waals surface area contributed by atoms with E-state index in [4.69, 9.17) is 4.74 Å². The monoisotopic (exact) mass is 371 g/mol. The summed E-state index contributed by atoms with van der Waals surface area (Å²) >= 11 is 1.50. The van der Waals surface area contributed by atoms with Gasteiger partial charge in [-0.3, -0.25) is 0 Å². The van der Waals surface area contributed by atoms with Gasteiger partial charge in [-0.25, -0.2) is 4.79 Å². The van der Waals surface area contributed by atoms with Crippen LogP contribution in [0.25, 0.3) is 10.4 Å². The second-order valence-corrected chi connectivity index (χ2v) is 8.39. The number of hydrogen-bond acceptors (Lipinski definition) is 5. The molecule has 4 heterocycles. The average molecular weight is 372 g/mol. The Balaban J connectivity index is 1.39. The van der Waals surface area contributed by atoms with E-state index >= 15 is 0 Å². The van der Waals surface area contributed by atoms with Gasteiger partial charge in [0.15, 0.2) is 5.06 Å².